The third-order valence-electron chi connectivity index (χ3n) is 4.64. The molecule has 0 radical (unpaired) electrons. The molecule has 0 bridgehead atoms. The van der Waals surface area contributed by atoms with Gasteiger partial charge in [-0.2, -0.15) is 0 Å². The van der Waals surface area contributed by atoms with E-state index < -0.39 is 36.1 Å². The first-order valence-corrected chi connectivity index (χ1v) is 12.3. The van der Waals surface area contributed by atoms with Gasteiger partial charge in [0.2, 0.25) is 11.8 Å². The molecule has 0 unspecified atom stereocenters. The molecule has 2 rings (SSSR count). The predicted octanol–water partition coefficient (Wildman–Crippen LogP) is 4.91. The standard InChI is InChI=1S/C25H24Br2N2O7/c1-5-35-22(33)12-20(31)29-24-17(10-16(26)11-18(24)27)25(34)36-21(32)7-6-19(30)28-23-14(3)8-13(2)9-15(23)4/h6-11H,5,12H2,1-4H3,(H,28,30)(H,29,31)/b7-6-. The van der Waals surface area contributed by atoms with Crippen LogP contribution in [0.1, 0.15) is 40.4 Å². The molecule has 0 atom stereocenters. The molecule has 2 amide bonds. The number of benzene rings is 2. The van der Waals surface area contributed by atoms with E-state index in [-0.39, 0.29) is 17.9 Å². The number of carbonyl (C=O) groups is 5. The Morgan fingerprint density at radius 3 is 2.14 bits per heavy atom. The summed E-state index contributed by atoms with van der Waals surface area (Å²) in [4.78, 5) is 60.9. The van der Waals surface area contributed by atoms with E-state index in [0.717, 1.165) is 28.8 Å². The Morgan fingerprint density at radius 1 is 0.889 bits per heavy atom. The van der Waals surface area contributed by atoms with E-state index in [1.165, 1.54) is 6.07 Å². The molecular weight excluding hydrogens is 600 g/mol. The number of halogens is 2. The molecule has 2 aromatic carbocycles. The number of ether oxygens (including phenoxy) is 2. The van der Waals surface area contributed by atoms with E-state index in [4.69, 9.17) is 9.47 Å². The molecule has 0 saturated heterocycles. The summed E-state index contributed by atoms with van der Waals surface area (Å²) in [5.41, 5.74) is 3.25. The Kier molecular flexibility index (Phi) is 10.5. The van der Waals surface area contributed by atoms with E-state index in [0.29, 0.717) is 14.6 Å². The number of anilines is 2. The summed E-state index contributed by atoms with van der Waals surface area (Å²) in [6.45, 7) is 7.37. The van der Waals surface area contributed by atoms with Crippen molar-refractivity contribution in [2.24, 2.45) is 0 Å². The predicted molar refractivity (Wildman–Crippen MR) is 141 cm³/mol. The van der Waals surface area contributed by atoms with Gasteiger partial charge >= 0.3 is 17.9 Å². The maximum Gasteiger partial charge on any atom is 0.348 e. The smallest absolute Gasteiger partial charge is 0.348 e. The highest BCUT2D eigenvalue weighted by atomic mass is 79.9. The van der Waals surface area contributed by atoms with Gasteiger partial charge in [-0.3, -0.25) is 14.4 Å². The summed E-state index contributed by atoms with van der Waals surface area (Å²) in [7, 11) is 0. The zero-order valence-corrected chi connectivity index (χ0v) is 23.2. The molecular formula is C25H24Br2N2O7. The molecule has 2 N–H and O–H groups in total. The summed E-state index contributed by atoms with van der Waals surface area (Å²) >= 11 is 6.46. The molecule has 0 aliphatic carbocycles. The van der Waals surface area contributed by atoms with Crippen molar-refractivity contribution in [3.05, 3.63) is 67.6 Å². The van der Waals surface area contributed by atoms with Crippen LogP contribution in [0.5, 0.6) is 0 Å². The number of hydrogen-bond donors (Lipinski definition) is 2. The molecule has 0 aliphatic rings. The van der Waals surface area contributed by atoms with Crippen LogP contribution in [-0.4, -0.2) is 36.3 Å². The van der Waals surface area contributed by atoms with Crippen LogP contribution in [0.3, 0.4) is 0 Å². The van der Waals surface area contributed by atoms with Crippen molar-refractivity contribution in [3.63, 3.8) is 0 Å². The maximum absolute atomic E-state index is 12.7. The van der Waals surface area contributed by atoms with Gasteiger partial charge in [-0.1, -0.05) is 33.6 Å². The lowest BCUT2D eigenvalue weighted by molar-refractivity contribution is -0.145. The Balaban J connectivity index is 2.11. The minimum Gasteiger partial charge on any atom is -0.466 e. The van der Waals surface area contributed by atoms with Crippen molar-refractivity contribution in [2.75, 3.05) is 17.2 Å². The Labute approximate surface area is 224 Å². The third kappa shape index (κ3) is 8.42. The number of carbonyl (C=O) groups excluding carboxylic acids is 5. The summed E-state index contributed by atoms with van der Waals surface area (Å²) in [5.74, 6) is -4.21. The van der Waals surface area contributed by atoms with E-state index in [1.54, 1.807) is 13.0 Å². The molecule has 0 aromatic heterocycles. The van der Waals surface area contributed by atoms with Crippen molar-refractivity contribution in [2.45, 2.75) is 34.1 Å². The SMILES string of the molecule is CCOC(=O)CC(=O)Nc1c(Br)cc(Br)cc1C(=O)OC(=O)/C=C\C(=O)Nc1c(C)cc(C)cc1C. The number of amides is 2. The molecule has 11 heteroatoms. The minimum atomic E-state index is -1.09. The molecule has 0 aliphatic heterocycles. The van der Waals surface area contributed by atoms with E-state index >= 15 is 0 Å². The molecule has 190 valence electrons. The van der Waals surface area contributed by atoms with Crippen LogP contribution in [0, 0.1) is 20.8 Å². The van der Waals surface area contributed by atoms with Crippen molar-refractivity contribution >= 4 is 73.0 Å². The highest BCUT2D eigenvalue weighted by molar-refractivity contribution is 9.11. The molecule has 9 nitrogen and oxygen atoms in total. The van der Waals surface area contributed by atoms with Gasteiger partial charge in [0.1, 0.15) is 6.42 Å². The van der Waals surface area contributed by atoms with Gasteiger partial charge in [0.15, 0.2) is 0 Å². The monoisotopic (exact) mass is 622 g/mol. The molecule has 36 heavy (non-hydrogen) atoms. The van der Waals surface area contributed by atoms with Crippen molar-refractivity contribution in [1.82, 2.24) is 0 Å². The Morgan fingerprint density at radius 2 is 1.53 bits per heavy atom. The summed E-state index contributed by atoms with van der Waals surface area (Å²) in [6.07, 6.45) is 1.20. The van der Waals surface area contributed by atoms with Gasteiger partial charge in [0, 0.05) is 26.8 Å². The van der Waals surface area contributed by atoms with Crippen molar-refractivity contribution < 1.29 is 33.4 Å². The normalized spacial score (nSPS) is 10.6. The fourth-order valence-electron chi connectivity index (χ4n) is 3.25. The molecule has 0 heterocycles. The quantitative estimate of drug-likeness (QED) is 0.243. The van der Waals surface area contributed by atoms with Gasteiger partial charge in [-0.25, -0.2) is 9.59 Å². The van der Waals surface area contributed by atoms with Crippen LogP contribution in [0.15, 0.2) is 45.4 Å². The topological polar surface area (TPSA) is 128 Å². The fourth-order valence-corrected chi connectivity index (χ4v) is 4.58. The molecule has 0 spiro atoms. The van der Waals surface area contributed by atoms with E-state index in [2.05, 4.69) is 42.5 Å². The second kappa shape index (κ2) is 13.1. The van der Waals surface area contributed by atoms with Crippen LogP contribution < -0.4 is 10.6 Å². The van der Waals surface area contributed by atoms with Crippen molar-refractivity contribution in [1.29, 1.82) is 0 Å². The zero-order chi connectivity index (χ0) is 27.0. The summed E-state index contributed by atoms with van der Waals surface area (Å²) in [6, 6.07) is 6.72. The minimum absolute atomic E-state index is 0.00246. The first-order chi connectivity index (χ1) is 16.9. The number of esters is 3. The average Bonchev–Trinajstić information content (AvgIpc) is 2.76. The first-order valence-electron chi connectivity index (χ1n) is 10.7. The highest BCUT2D eigenvalue weighted by Crippen LogP contribution is 2.31. The van der Waals surface area contributed by atoms with Crippen LogP contribution in [0.2, 0.25) is 0 Å². The van der Waals surface area contributed by atoms with Crippen LogP contribution in [-0.2, 0) is 28.7 Å². The summed E-state index contributed by atoms with van der Waals surface area (Å²) < 4.78 is 10.3. The lowest BCUT2D eigenvalue weighted by Gasteiger charge is -2.13. The molecule has 0 fully saturated rings. The van der Waals surface area contributed by atoms with E-state index in [9.17, 15) is 24.0 Å². The molecule has 0 saturated carbocycles. The van der Waals surface area contributed by atoms with Gasteiger partial charge in [-0.05, 0) is 66.9 Å². The second-order valence-corrected chi connectivity index (χ2v) is 9.42. The zero-order valence-electron chi connectivity index (χ0n) is 20.0. The summed E-state index contributed by atoms with van der Waals surface area (Å²) in [5, 5.41) is 5.14. The Hall–Kier alpha value is -3.31. The van der Waals surface area contributed by atoms with E-state index in [1.807, 2.05) is 32.9 Å². The van der Waals surface area contributed by atoms with Gasteiger partial charge in [0.05, 0.1) is 17.9 Å². The van der Waals surface area contributed by atoms with Crippen LogP contribution in [0.25, 0.3) is 0 Å². The number of rotatable bonds is 8. The second-order valence-electron chi connectivity index (χ2n) is 7.65. The average molecular weight is 624 g/mol. The van der Waals surface area contributed by atoms with Gasteiger partial charge < -0.3 is 20.1 Å². The van der Waals surface area contributed by atoms with Crippen molar-refractivity contribution in [3.8, 4) is 0 Å². The highest BCUT2D eigenvalue weighted by Gasteiger charge is 2.22. The first kappa shape index (κ1) is 28.9. The number of hydrogen-bond acceptors (Lipinski definition) is 7. The maximum atomic E-state index is 12.7. The largest absolute Gasteiger partial charge is 0.466 e. The lowest BCUT2D eigenvalue weighted by atomic mass is 10.1. The fraction of sp³-hybridized carbons (Fsp3) is 0.240. The van der Waals surface area contributed by atoms with Gasteiger partial charge in [-0.15, -0.1) is 0 Å². The lowest BCUT2D eigenvalue weighted by Crippen LogP contribution is -2.21. The molecule has 2 aromatic rings. The van der Waals surface area contributed by atoms with Gasteiger partial charge in [0.25, 0.3) is 0 Å². The van der Waals surface area contributed by atoms with Crippen LogP contribution in [0.4, 0.5) is 11.4 Å². The third-order valence-corrected chi connectivity index (χ3v) is 5.72. The number of nitrogens with one attached hydrogen (secondary N) is 2. The number of aryl methyl sites for hydroxylation is 3. The van der Waals surface area contributed by atoms with Crippen LogP contribution >= 0.6 is 31.9 Å². The Bertz CT molecular complexity index is 1230.